The Bertz CT molecular complexity index is 1160. The Morgan fingerprint density at radius 1 is 1.15 bits per heavy atom. The first kappa shape index (κ1) is 16.1. The molecule has 2 aromatic heterocycles. The van der Waals surface area contributed by atoms with Gasteiger partial charge in [0.2, 0.25) is 0 Å². The lowest BCUT2D eigenvalue weighted by molar-refractivity contribution is -0.135. The Balaban J connectivity index is 1.96. The van der Waals surface area contributed by atoms with Crippen LogP contribution in [0.4, 0.5) is 0 Å². The average molecular weight is 353 g/mol. The van der Waals surface area contributed by atoms with E-state index in [1.165, 1.54) is 6.07 Å². The summed E-state index contributed by atoms with van der Waals surface area (Å²) in [6.45, 7) is 1.59. The van der Waals surface area contributed by atoms with E-state index in [0.29, 0.717) is 22.6 Å². The molecule has 26 heavy (non-hydrogen) atoms. The summed E-state index contributed by atoms with van der Waals surface area (Å²) in [6, 6.07) is 8.40. The lowest BCUT2D eigenvalue weighted by Gasteiger charge is -2.23. The maximum absolute atomic E-state index is 12.6. The van der Waals surface area contributed by atoms with Crippen LogP contribution in [-0.2, 0) is 4.79 Å². The van der Waals surface area contributed by atoms with E-state index >= 15 is 0 Å². The van der Waals surface area contributed by atoms with Crippen molar-refractivity contribution < 1.29 is 18.7 Å². The predicted octanol–water partition coefficient (Wildman–Crippen LogP) is 2.24. The Kier molecular flexibility index (Phi) is 3.64. The van der Waals surface area contributed by atoms with Crippen molar-refractivity contribution in [2.75, 3.05) is 7.11 Å². The Morgan fingerprint density at radius 3 is 2.73 bits per heavy atom. The molecule has 7 heteroatoms. The van der Waals surface area contributed by atoms with Crippen molar-refractivity contribution in [3.05, 3.63) is 68.0 Å². The van der Waals surface area contributed by atoms with Gasteiger partial charge in [0, 0.05) is 28.5 Å². The number of aryl methyl sites for hydroxylation is 1. The fraction of sp³-hybridized carbons (Fsp3) is 0.211. The highest BCUT2D eigenvalue weighted by molar-refractivity contribution is 5.82. The summed E-state index contributed by atoms with van der Waals surface area (Å²) in [7, 11) is 1.55. The highest BCUT2D eigenvalue weighted by Crippen LogP contribution is 2.36. The molecule has 3 heterocycles. The summed E-state index contributed by atoms with van der Waals surface area (Å²) in [4.78, 5) is 39.8. The zero-order valence-electron chi connectivity index (χ0n) is 14.1. The summed E-state index contributed by atoms with van der Waals surface area (Å²) in [5, 5.41) is 0.732. The second kappa shape index (κ2) is 5.87. The van der Waals surface area contributed by atoms with Crippen LogP contribution in [0, 0.1) is 6.92 Å². The molecular formula is C19H15NO6. The van der Waals surface area contributed by atoms with Gasteiger partial charge in [0.25, 0.3) is 5.56 Å². The van der Waals surface area contributed by atoms with Gasteiger partial charge in [0.15, 0.2) is 0 Å². The zero-order chi connectivity index (χ0) is 18.4. The van der Waals surface area contributed by atoms with Gasteiger partial charge < -0.3 is 18.9 Å². The SMILES string of the molecule is COc1ccc2[nH]c(=O)c([C@H]3CC(=O)Oc4cc(C)oc(=O)c43)cc2c1. The first-order valence-corrected chi connectivity index (χ1v) is 8.02. The zero-order valence-corrected chi connectivity index (χ0v) is 14.1. The van der Waals surface area contributed by atoms with Gasteiger partial charge in [-0.15, -0.1) is 0 Å². The number of esters is 1. The molecule has 1 aliphatic heterocycles. The molecule has 0 fully saturated rings. The number of aromatic nitrogens is 1. The second-order valence-corrected chi connectivity index (χ2v) is 6.16. The topological polar surface area (TPSA) is 98.6 Å². The maximum Gasteiger partial charge on any atom is 0.343 e. The second-order valence-electron chi connectivity index (χ2n) is 6.16. The molecule has 3 aromatic rings. The summed E-state index contributed by atoms with van der Waals surface area (Å²) in [5.41, 5.74) is 0.146. The van der Waals surface area contributed by atoms with Gasteiger partial charge in [-0.3, -0.25) is 9.59 Å². The fourth-order valence-corrected chi connectivity index (χ4v) is 3.28. The van der Waals surface area contributed by atoms with Gasteiger partial charge in [-0.05, 0) is 31.2 Å². The maximum atomic E-state index is 12.6. The minimum Gasteiger partial charge on any atom is -0.497 e. The molecule has 0 saturated carbocycles. The van der Waals surface area contributed by atoms with Crippen LogP contribution in [0.15, 0.2) is 44.3 Å². The van der Waals surface area contributed by atoms with Gasteiger partial charge in [-0.2, -0.15) is 0 Å². The number of H-pyrrole nitrogens is 1. The van der Waals surface area contributed by atoms with Gasteiger partial charge >= 0.3 is 11.6 Å². The number of ether oxygens (including phenoxy) is 2. The predicted molar refractivity (Wildman–Crippen MR) is 92.9 cm³/mol. The monoisotopic (exact) mass is 353 g/mol. The molecule has 7 nitrogen and oxygen atoms in total. The van der Waals surface area contributed by atoms with Crippen molar-refractivity contribution in [2.45, 2.75) is 19.3 Å². The number of aromatic amines is 1. The largest absolute Gasteiger partial charge is 0.497 e. The summed E-state index contributed by atoms with van der Waals surface area (Å²) < 4.78 is 15.5. The first-order chi connectivity index (χ1) is 12.5. The normalized spacial score (nSPS) is 16.2. The van der Waals surface area contributed by atoms with Crippen molar-refractivity contribution >= 4 is 16.9 Å². The molecule has 0 aliphatic carbocycles. The van der Waals surface area contributed by atoms with E-state index in [4.69, 9.17) is 13.9 Å². The van der Waals surface area contributed by atoms with Crippen molar-refractivity contribution in [3.8, 4) is 11.5 Å². The number of fused-ring (bicyclic) bond motifs is 2. The smallest absolute Gasteiger partial charge is 0.343 e. The number of rotatable bonds is 2. The lowest BCUT2D eigenvalue weighted by Crippen LogP contribution is -2.30. The van der Waals surface area contributed by atoms with E-state index in [2.05, 4.69) is 4.98 Å². The van der Waals surface area contributed by atoms with E-state index in [1.807, 2.05) is 0 Å². The van der Waals surface area contributed by atoms with Crippen LogP contribution in [0.3, 0.4) is 0 Å². The van der Waals surface area contributed by atoms with Gasteiger partial charge in [-0.25, -0.2) is 4.79 Å². The number of benzene rings is 1. The Hall–Kier alpha value is -3.35. The lowest BCUT2D eigenvalue weighted by atomic mass is 9.87. The summed E-state index contributed by atoms with van der Waals surface area (Å²) >= 11 is 0. The number of hydrogen-bond donors (Lipinski definition) is 1. The molecule has 1 aromatic carbocycles. The van der Waals surface area contributed by atoms with Crippen molar-refractivity contribution in [3.63, 3.8) is 0 Å². The summed E-state index contributed by atoms with van der Waals surface area (Å²) in [6.07, 6.45) is -0.112. The molecule has 132 valence electrons. The number of pyridine rings is 1. The fourth-order valence-electron chi connectivity index (χ4n) is 3.28. The number of hydrogen-bond acceptors (Lipinski definition) is 6. The molecule has 0 spiro atoms. The quantitative estimate of drug-likeness (QED) is 0.710. The Labute approximate surface area is 147 Å². The van der Waals surface area contributed by atoms with Crippen LogP contribution in [0.2, 0.25) is 0 Å². The number of carbonyl (C=O) groups excluding carboxylic acids is 1. The number of nitrogens with one attached hydrogen (secondary N) is 1. The molecular weight excluding hydrogens is 338 g/mol. The molecule has 0 amide bonds. The van der Waals surface area contributed by atoms with Crippen molar-refractivity contribution in [2.24, 2.45) is 0 Å². The van der Waals surface area contributed by atoms with E-state index in [9.17, 15) is 14.4 Å². The third-order valence-corrected chi connectivity index (χ3v) is 4.47. The van der Waals surface area contributed by atoms with E-state index in [-0.39, 0.29) is 23.3 Å². The molecule has 1 aliphatic rings. The molecule has 0 unspecified atom stereocenters. The minimum atomic E-state index is -0.734. The van der Waals surface area contributed by atoms with Gasteiger partial charge in [-0.1, -0.05) is 0 Å². The van der Waals surface area contributed by atoms with E-state index in [0.717, 1.165) is 5.39 Å². The van der Waals surface area contributed by atoms with Crippen molar-refractivity contribution in [1.82, 2.24) is 4.98 Å². The van der Waals surface area contributed by atoms with Crippen LogP contribution in [0.5, 0.6) is 11.5 Å². The molecule has 0 bridgehead atoms. The first-order valence-electron chi connectivity index (χ1n) is 8.02. The van der Waals surface area contributed by atoms with E-state index < -0.39 is 17.5 Å². The van der Waals surface area contributed by atoms with Crippen LogP contribution >= 0.6 is 0 Å². The summed E-state index contributed by atoms with van der Waals surface area (Å²) in [5.74, 6) is -0.126. The van der Waals surface area contributed by atoms with Crippen molar-refractivity contribution in [1.29, 1.82) is 0 Å². The molecule has 0 saturated heterocycles. The molecule has 1 atom stereocenters. The van der Waals surface area contributed by atoms with Crippen LogP contribution < -0.4 is 20.7 Å². The Morgan fingerprint density at radius 2 is 1.96 bits per heavy atom. The molecule has 1 N–H and O–H groups in total. The molecule has 0 radical (unpaired) electrons. The van der Waals surface area contributed by atoms with Crippen LogP contribution in [0.25, 0.3) is 10.9 Å². The number of methoxy groups -OCH3 is 1. The average Bonchev–Trinajstić information content (AvgIpc) is 2.59. The van der Waals surface area contributed by atoms with Crippen LogP contribution in [0.1, 0.15) is 29.2 Å². The van der Waals surface area contributed by atoms with Crippen LogP contribution in [-0.4, -0.2) is 18.1 Å². The standard InChI is InChI=1S/C19H15NO6/c1-9-5-15-17(19(23)25-9)12(8-16(21)26-15)13-7-10-6-11(24-2)3-4-14(10)20-18(13)22/h3-7,12H,8H2,1-2H3,(H,20,22)/t12-/m1/s1. The highest BCUT2D eigenvalue weighted by Gasteiger charge is 2.34. The van der Waals surface area contributed by atoms with Gasteiger partial charge in [0.05, 0.1) is 19.1 Å². The number of carbonyl (C=O) groups is 1. The van der Waals surface area contributed by atoms with Gasteiger partial charge in [0.1, 0.15) is 17.3 Å². The minimum absolute atomic E-state index is 0.112. The van der Waals surface area contributed by atoms with E-state index in [1.54, 1.807) is 38.3 Å². The molecule has 4 rings (SSSR count). The third-order valence-electron chi connectivity index (χ3n) is 4.47. The highest BCUT2D eigenvalue weighted by atomic mass is 16.5. The third kappa shape index (κ3) is 2.57.